The van der Waals surface area contributed by atoms with Crippen LogP contribution in [0, 0.1) is 5.92 Å². The second kappa shape index (κ2) is 8.82. The summed E-state index contributed by atoms with van der Waals surface area (Å²) in [6.45, 7) is 6.32. The van der Waals surface area contributed by atoms with E-state index >= 15 is 0 Å². The van der Waals surface area contributed by atoms with E-state index in [4.69, 9.17) is 9.72 Å². The molecule has 1 saturated heterocycles. The SMILES string of the molecule is CC(C)COc1ccccc1NC(=O)N1CCC(c2nc3ccccc3s2)CC1. The largest absolute Gasteiger partial charge is 0.491 e. The summed E-state index contributed by atoms with van der Waals surface area (Å²) in [5, 5.41) is 4.22. The standard InChI is InChI=1S/C23H27N3O2S/c1-16(2)15-28-20-9-5-3-7-18(20)25-23(27)26-13-11-17(12-14-26)22-24-19-8-4-6-10-21(19)29-22/h3-10,16-17H,11-15H2,1-2H3,(H,25,27). The van der Waals surface area contributed by atoms with Gasteiger partial charge >= 0.3 is 6.03 Å². The van der Waals surface area contributed by atoms with Crippen molar-refractivity contribution < 1.29 is 9.53 Å². The lowest BCUT2D eigenvalue weighted by Gasteiger charge is -2.31. The van der Waals surface area contributed by atoms with Crippen molar-refractivity contribution in [1.29, 1.82) is 0 Å². The number of aromatic nitrogens is 1. The number of rotatable bonds is 5. The molecule has 1 aliphatic heterocycles. The van der Waals surface area contributed by atoms with E-state index in [9.17, 15) is 4.79 Å². The van der Waals surface area contributed by atoms with Gasteiger partial charge in [0.2, 0.25) is 0 Å². The maximum Gasteiger partial charge on any atom is 0.321 e. The number of benzene rings is 2. The molecule has 0 spiro atoms. The maximum absolute atomic E-state index is 12.8. The zero-order valence-electron chi connectivity index (χ0n) is 16.9. The average Bonchev–Trinajstić information content (AvgIpc) is 3.17. The van der Waals surface area contributed by atoms with Crippen molar-refractivity contribution in [2.75, 3.05) is 25.0 Å². The van der Waals surface area contributed by atoms with Crippen molar-refractivity contribution in [3.05, 3.63) is 53.5 Å². The highest BCUT2D eigenvalue weighted by molar-refractivity contribution is 7.18. The molecule has 2 aromatic carbocycles. The molecule has 0 bridgehead atoms. The summed E-state index contributed by atoms with van der Waals surface area (Å²) in [5.74, 6) is 1.58. The van der Waals surface area contributed by atoms with E-state index in [-0.39, 0.29) is 6.03 Å². The van der Waals surface area contributed by atoms with Crippen LogP contribution in [0.2, 0.25) is 0 Å². The van der Waals surface area contributed by atoms with Gasteiger partial charge in [-0.25, -0.2) is 9.78 Å². The number of carbonyl (C=O) groups is 1. The first-order chi connectivity index (χ1) is 14.1. The number of ether oxygens (including phenoxy) is 1. The number of thiazole rings is 1. The molecule has 6 heteroatoms. The zero-order chi connectivity index (χ0) is 20.2. The van der Waals surface area contributed by atoms with Crippen LogP contribution < -0.4 is 10.1 Å². The van der Waals surface area contributed by atoms with Gasteiger partial charge in [-0.2, -0.15) is 0 Å². The minimum atomic E-state index is -0.0617. The first kappa shape index (κ1) is 19.7. The van der Waals surface area contributed by atoms with Crippen molar-refractivity contribution in [2.24, 2.45) is 5.92 Å². The first-order valence-corrected chi connectivity index (χ1v) is 11.0. The van der Waals surface area contributed by atoms with E-state index in [0.29, 0.717) is 18.4 Å². The number of likely N-dealkylation sites (tertiary alicyclic amines) is 1. The average molecular weight is 410 g/mol. The minimum absolute atomic E-state index is 0.0617. The first-order valence-electron chi connectivity index (χ1n) is 10.2. The van der Waals surface area contributed by atoms with E-state index in [1.165, 1.54) is 9.71 Å². The molecule has 0 unspecified atom stereocenters. The highest BCUT2D eigenvalue weighted by Crippen LogP contribution is 2.34. The smallest absolute Gasteiger partial charge is 0.321 e. The molecular formula is C23H27N3O2S. The van der Waals surface area contributed by atoms with E-state index in [2.05, 4.69) is 37.4 Å². The summed E-state index contributed by atoms with van der Waals surface area (Å²) >= 11 is 1.78. The van der Waals surface area contributed by atoms with Crippen LogP contribution in [-0.4, -0.2) is 35.6 Å². The number of nitrogens with zero attached hydrogens (tertiary/aromatic N) is 2. The van der Waals surface area contributed by atoms with Crippen LogP contribution >= 0.6 is 11.3 Å². The fraction of sp³-hybridized carbons (Fsp3) is 0.391. The van der Waals surface area contributed by atoms with Gasteiger partial charge in [-0.05, 0) is 43.0 Å². The number of urea groups is 1. The van der Waals surface area contributed by atoms with Gasteiger partial charge in [-0.3, -0.25) is 0 Å². The molecule has 1 aliphatic rings. The van der Waals surface area contributed by atoms with Crippen molar-refractivity contribution in [1.82, 2.24) is 9.88 Å². The van der Waals surface area contributed by atoms with Crippen LogP contribution in [-0.2, 0) is 0 Å². The molecule has 2 heterocycles. The molecule has 2 amide bonds. The number of piperidine rings is 1. The topological polar surface area (TPSA) is 54.5 Å². The number of hydrogen-bond acceptors (Lipinski definition) is 4. The van der Waals surface area contributed by atoms with Gasteiger partial charge < -0.3 is 15.0 Å². The van der Waals surface area contributed by atoms with Crippen molar-refractivity contribution in [2.45, 2.75) is 32.6 Å². The Labute approximate surface area is 175 Å². The van der Waals surface area contributed by atoms with Gasteiger partial charge in [0, 0.05) is 19.0 Å². The van der Waals surface area contributed by atoms with E-state index in [1.54, 1.807) is 11.3 Å². The Morgan fingerprint density at radius 2 is 1.90 bits per heavy atom. The number of anilines is 1. The van der Waals surface area contributed by atoms with Gasteiger partial charge in [0.1, 0.15) is 5.75 Å². The predicted octanol–water partition coefficient (Wildman–Crippen LogP) is 5.74. The Hall–Kier alpha value is -2.60. The maximum atomic E-state index is 12.8. The summed E-state index contributed by atoms with van der Waals surface area (Å²) in [6, 6.07) is 15.8. The second-order valence-corrected chi connectivity index (χ2v) is 8.97. The molecule has 0 radical (unpaired) electrons. The zero-order valence-corrected chi connectivity index (χ0v) is 17.7. The molecule has 152 valence electrons. The summed E-state index contributed by atoms with van der Waals surface area (Å²) in [7, 11) is 0. The highest BCUT2D eigenvalue weighted by atomic mass is 32.1. The quantitative estimate of drug-likeness (QED) is 0.584. The summed E-state index contributed by atoms with van der Waals surface area (Å²) in [4.78, 5) is 19.5. The van der Waals surface area contributed by atoms with Gasteiger partial charge in [-0.1, -0.05) is 38.1 Å². The molecular weight excluding hydrogens is 382 g/mol. The third-order valence-corrected chi connectivity index (χ3v) is 6.34. The Morgan fingerprint density at radius 3 is 2.66 bits per heavy atom. The molecule has 1 N–H and O–H groups in total. The van der Waals surface area contributed by atoms with Crippen LogP contribution in [0.25, 0.3) is 10.2 Å². The molecule has 5 nitrogen and oxygen atoms in total. The molecule has 0 atom stereocenters. The molecule has 29 heavy (non-hydrogen) atoms. The van der Waals surface area contributed by atoms with Crippen LogP contribution in [0.4, 0.5) is 10.5 Å². The lowest BCUT2D eigenvalue weighted by molar-refractivity contribution is 0.194. The molecule has 4 rings (SSSR count). The lowest BCUT2D eigenvalue weighted by atomic mass is 9.98. The number of nitrogens with one attached hydrogen (secondary N) is 1. The van der Waals surface area contributed by atoms with Crippen molar-refractivity contribution in [3.8, 4) is 5.75 Å². The Morgan fingerprint density at radius 1 is 1.17 bits per heavy atom. The number of hydrogen-bond donors (Lipinski definition) is 1. The summed E-state index contributed by atoms with van der Waals surface area (Å²) in [6.07, 6.45) is 1.89. The van der Waals surface area contributed by atoms with Crippen LogP contribution in [0.3, 0.4) is 0 Å². The van der Waals surface area contributed by atoms with Crippen LogP contribution in [0.1, 0.15) is 37.6 Å². The number of para-hydroxylation sites is 3. The monoisotopic (exact) mass is 409 g/mol. The van der Waals surface area contributed by atoms with Crippen LogP contribution in [0.15, 0.2) is 48.5 Å². The van der Waals surface area contributed by atoms with Gasteiger partial charge in [0.25, 0.3) is 0 Å². The fourth-order valence-corrected chi connectivity index (χ4v) is 4.68. The van der Waals surface area contributed by atoms with E-state index < -0.39 is 0 Å². The third kappa shape index (κ3) is 4.70. The van der Waals surface area contributed by atoms with Gasteiger partial charge in [0.15, 0.2) is 0 Å². The number of fused-ring (bicyclic) bond motifs is 1. The number of amides is 2. The Bertz CT molecular complexity index is 944. The highest BCUT2D eigenvalue weighted by Gasteiger charge is 2.26. The summed E-state index contributed by atoms with van der Waals surface area (Å²) < 4.78 is 7.09. The molecule has 1 aromatic heterocycles. The van der Waals surface area contributed by atoms with E-state index in [1.807, 2.05) is 35.2 Å². The van der Waals surface area contributed by atoms with Gasteiger partial charge in [0.05, 0.1) is 27.5 Å². The second-order valence-electron chi connectivity index (χ2n) is 7.91. The Kier molecular flexibility index (Phi) is 6.00. The Balaban J connectivity index is 1.36. The van der Waals surface area contributed by atoms with Crippen molar-refractivity contribution >= 4 is 33.3 Å². The molecule has 1 fully saturated rings. The van der Waals surface area contributed by atoms with Gasteiger partial charge in [-0.15, -0.1) is 11.3 Å². The fourth-order valence-electron chi connectivity index (χ4n) is 3.54. The predicted molar refractivity (Wildman–Crippen MR) is 119 cm³/mol. The molecule has 3 aromatic rings. The third-order valence-electron chi connectivity index (χ3n) is 5.14. The lowest BCUT2D eigenvalue weighted by Crippen LogP contribution is -2.40. The van der Waals surface area contributed by atoms with Crippen LogP contribution in [0.5, 0.6) is 5.75 Å². The minimum Gasteiger partial charge on any atom is -0.491 e. The normalized spacial score (nSPS) is 15.1. The van der Waals surface area contributed by atoms with Crippen molar-refractivity contribution in [3.63, 3.8) is 0 Å². The summed E-state index contributed by atoms with van der Waals surface area (Å²) in [5.41, 5.74) is 1.80. The molecule has 0 aliphatic carbocycles. The molecule has 0 saturated carbocycles. The number of carbonyl (C=O) groups excluding carboxylic acids is 1. The van der Waals surface area contributed by atoms with E-state index in [0.717, 1.165) is 42.9 Å².